The lowest BCUT2D eigenvalue weighted by molar-refractivity contribution is -0.125. The molecule has 112 valence electrons. The molecular formula is C13H16N4O3S. The van der Waals surface area contributed by atoms with E-state index in [2.05, 4.69) is 20.8 Å². The molecule has 8 heteroatoms. The number of nitrogens with zero attached hydrogens (tertiary/aromatic N) is 2. The molecule has 1 saturated heterocycles. The quantitative estimate of drug-likeness (QED) is 0.627. The third kappa shape index (κ3) is 4.45. The summed E-state index contributed by atoms with van der Waals surface area (Å²) in [4.78, 5) is 23.2. The summed E-state index contributed by atoms with van der Waals surface area (Å²) in [5.74, 6) is 0.995. The van der Waals surface area contributed by atoms with E-state index in [1.807, 2.05) is 19.9 Å². The smallest absolute Gasteiger partial charge is 0.240 e. The molecule has 1 aromatic heterocycles. The molecule has 2 heterocycles. The molecule has 7 nitrogen and oxygen atoms in total. The second-order valence-corrected chi connectivity index (χ2v) is 5.54. The molecule has 2 N–H and O–H groups in total. The molecule has 2 rings (SSSR count). The van der Waals surface area contributed by atoms with Crippen molar-refractivity contribution in [2.24, 2.45) is 10.2 Å². The summed E-state index contributed by atoms with van der Waals surface area (Å²) < 4.78 is 5.30. The molecule has 1 atom stereocenters. The maximum Gasteiger partial charge on any atom is 0.240 e. The first kappa shape index (κ1) is 15.3. The highest BCUT2D eigenvalue weighted by Crippen LogP contribution is 2.22. The van der Waals surface area contributed by atoms with E-state index >= 15 is 0 Å². The molecule has 0 radical (unpaired) electrons. The Bertz CT molecular complexity index is 594. The van der Waals surface area contributed by atoms with Gasteiger partial charge in [0.05, 0.1) is 6.21 Å². The first-order valence-corrected chi connectivity index (χ1v) is 7.38. The van der Waals surface area contributed by atoms with Gasteiger partial charge in [-0.2, -0.15) is 5.10 Å². The van der Waals surface area contributed by atoms with E-state index < -0.39 is 5.25 Å². The lowest BCUT2D eigenvalue weighted by atomic mass is 10.3. The summed E-state index contributed by atoms with van der Waals surface area (Å²) >= 11 is 1.20. The van der Waals surface area contributed by atoms with E-state index in [9.17, 15) is 9.59 Å². The predicted molar refractivity (Wildman–Crippen MR) is 81.3 cm³/mol. The minimum absolute atomic E-state index is 0.129. The Hall–Kier alpha value is -2.09. The Morgan fingerprint density at radius 1 is 1.57 bits per heavy atom. The fourth-order valence-electron chi connectivity index (χ4n) is 1.69. The topological polar surface area (TPSA) is 96.1 Å². The summed E-state index contributed by atoms with van der Waals surface area (Å²) in [6, 6.07) is 3.60. The van der Waals surface area contributed by atoms with E-state index in [-0.39, 0.29) is 18.2 Å². The van der Waals surface area contributed by atoms with Gasteiger partial charge in [-0.25, -0.2) is 0 Å². The first-order valence-electron chi connectivity index (χ1n) is 6.50. The largest absolute Gasteiger partial charge is 0.460 e. The third-order valence-electron chi connectivity index (χ3n) is 2.62. The van der Waals surface area contributed by atoms with Crippen LogP contribution >= 0.6 is 11.8 Å². The average Bonchev–Trinajstić information content (AvgIpc) is 2.97. The molecule has 0 bridgehead atoms. The molecule has 0 aromatic carbocycles. The van der Waals surface area contributed by atoms with Gasteiger partial charge in [-0.15, -0.1) is 5.10 Å². The van der Waals surface area contributed by atoms with Gasteiger partial charge in [-0.1, -0.05) is 11.8 Å². The van der Waals surface area contributed by atoms with Crippen LogP contribution < -0.4 is 10.6 Å². The van der Waals surface area contributed by atoms with Crippen LogP contribution in [0.3, 0.4) is 0 Å². The lowest BCUT2D eigenvalue weighted by Crippen LogP contribution is -2.31. The number of carbonyl (C=O) groups is 2. The van der Waals surface area contributed by atoms with Gasteiger partial charge in [0.1, 0.15) is 16.8 Å². The Balaban J connectivity index is 1.91. The fraction of sp³-hybridized carbons (Fsp3) is 0.385. The number of aryl methyl sites for hydroxylation is 1. The summed E-state index contributed by atoms with van der Waals surface area (Å²) in [7, 11) is 0. The van der Waals surface area contributed by atoms with Gasteiger partial charge >= 0.3 is 0 Å². The molecule has 1 aliphatic rings. The second-order valence-electron chi connectivity index (χ2n) is 4.35. The van der Waals surface area contributed by atoms with E-state index in [0.29, 0.717) is 17.5 Å². The maximum atomic E-state index is 11.7. The molecule has 1 fully saturated rings. The van der Waals surface area contributed by atoms with Crippen LogP contribution in [0.2, 0.25) is 0 Å². The van der Waals surface area contributed by atoms with Crippen molar-refractivity contribution in [2.45, 2.75) is 25.5 Å². The fourth-order valence-corrected chi connectivity index (χ4v) is 2.61. The van der Waals surface area contributed by atoms with Crippen molar-refractivity contribution in [3.63, 3.8) is 0 Å². The van der Waals surface area contributed by atoms with Crippen LogP contribution in [0, 0.1) is 6.92 Å². The number of rotatable bonds is 5. The first-order chi connectivity index (χ1) is 10.1. The Morgan fingerprint density at radius 2 is 2.38 bits per heavy atom. The number of hydrogen-bond donors (Lipinski definition) is 2. The van der Waals surface area contributed by atoms with Crippen molar-refractivity contribution in [2.75, 3.05) is 6.54 Å². The number of thioether (sulfide) groups is 1. The highest BCUT2D eigenvalue weighted by Gasteiger charge is 2.32. The standard InChI is InChI=1S/C13H16N4O3S/c1-3-14-11(18)6-10-12(19)16-13(21-10)17-15-7-9-5-4-8(2)20-9/h4-5,7,10H,3,6H2,1-2H3,(H,14,18)(H,16,17,19)/t10-/m1/s1. The van der Waals surface area contributed by atoms with Gasteiger partial charge in [-0.3, -0.25) is 9.59 Å². The van der Waals surface area contributed by atoms with Gasteiger partial charge in [-0.05, 0) is 26.0 Å². The normalized spacial score (nSPS) is 20.2. The number of nitrogens with one attached hydrogen (secondary N) is 2. The molecule has 1 aliphatic heterocycles. The van der Waals surface area contributed by atoms with Gasteiger partial charge in [0.15, 0.2) is 5.17 Å². The third-order valence-corrected chi connectivity index (χ3v) is 3.69. The van der Waals surface area contributed by atoms with Gasteiger partial charge in [0.2, 0.25) is 11.8 Å². The SMILES string of the molecule is CCNC(=O)C[C@H]1SC(=NN=Cc2ccc(C)o2)NC1=O. The number of amidine groups is 1. The molecule has 0 saturated carbocycles. The van der Waals surface area contributed by atoms with Crippen molar-refractivity contribution in [3.05, 3.63) is 23.7 Å². The van der Waals surface area contributed by atoms with Crippen LogP contribution in [0.25, 0.3) is 0 Å². The van der Waals surface area contributed by atoms with Crippen LogP contribution in [0.5, 0.6) is 0 Å². The second kappa shape index (κ2) is 7.07. The average molecular weight is 308 g/mol. The summed E-state index contributed by atoms with van der Waals surface area (Å²) in [5, 5.41) is 12.9. The minimum atomic E-state index is -0.462. The van der Waals surface area contributed by atoms with Crippen LogP contribution in [0.1, 0.15) is 24.9 Å². The van der Waals surface area contributed by atoms with Crippen LogP contribution in [0.4, 0.5) is 0 Å². The van der Waals surface area contributed by atoms with E-state index in [0.717, 1.165) is 5.76 Å². The van der Waals surface area contributed by atoms with Gasteiger partial charge in [0.25, 0.3) is 0 Å². The Labute approximate surface area is 126 Å². The minimum Gasteiger partial charge on any atom is -0.460 e. The molecule has 0 unspecified atom stereocenters. The molecule has 2 amide bonds. The van der Waals surface area contributed by atoms with E-state index in [1.165, 1.54) is 18.0 Å². The van der Waals surface area contributed by atoms with Crippen molar-refractivity contribution in [1.82, 2.24) is 10.6 Å². The predicted octanol–water partition coefficient (Wildman–Crippen LogP) is 1.04. The number of carbonyl (C=O) groups excluding carboxylic acids is 2. The number of amides is 2. The zero-order chi connectivity index (χ0) is 15.2. The van der Waals surface area contributed by atoms with Gasteiger partial charge in [0, 0.05) is 13.0 Å². The van der Waals surface area contributed by atoms with Gasteiger partial charge < -0.3 is 15.1 Å². The van der Waals surface area contributed by atoms with Crippen molar-refractivity contribution < 1.29 is 14.0 Å². The lowest BCUT2D eigenvalue weighted by Gasteiger charge is -2.04. The van der Waals surface area contributed by atoms with Crippen LogP contribution in [0.15, 0.2) is 26.8 Å². The Morgan fingerprint density at radius 3 is 3.05 bits per heavy atom. The molecule has 21 heavy (non-hydrogen) atoms. The van der Waals surface area contributed by atoms with Crippen molar-refractivity contribution in [3.8, 4) is 0 Å². The number of hydrogen-bond acceptors (Lipinski definition) is 6. The molecule has 0 aliphatic carbocycles. The van der Waals surface area contributed by atoms with Crippen molar-refractivity contribution >= 4 is 35.0 Å². The zero-order valence-corrected chi connectivity index (χ0v) is 12.6. The van der Waals surface area contributed by atoms with E-state index in [4.69, 9.17) is 4.42 Å². The monoisotopic (exact) mass is 308 g/mol. The molecular weight excluding hydrogens is 292 g/mol. The van der Waals surface area contributed by atoms with Crippen LogP contribution in [-0.2, 0) is 9.59 Å². The maximum absolute atomic E-state index is 11.7. The summed E-state index contributed by atoms with van der Waals surface area (Å²) in [5.41, 5.74) is 0. The molecule has 0 spiro atoms. The zero-order valence-electron chi connectivity index (χ0n) is 11.8. The highest BCUT2D eigenvalue weighted by atomic mass is 32.2. The van der Waals surface area contributed by atoms with E-state index in [1.54, 1.807) is 6.07 Å². The molecule has 1 aromatic rings. The number of furan rings is 1. The Kier molecular flexibility index (Phi) is 5.15. The highest BCUT2D eigenvalue weighted by molar-refractivity contribution is 8.15. The van der Waals surface area contributed by atoms with Crippen LogP contribution in [-0.4, -0.2) is 35.0 Å². The van der Waals surface area contributed by atoms with Crippen molar-refractivity contribution in [1.29, 1.82) is 0 Å². The summed E-state index contributed by atoms with van der Waals surface area (Å²) in [6.07, 6.45) is 1.59. The summed E-state index contributed by atoms with van der Waals surface area (Å²) in [6.45, 7) is 4.21.